The van der Waals surface area contributed by atoms with Crippen LogP contribution in [0.2, 0.25) is 0 Å². The van der Waals surface area contributed by atoms with Gasteiger partial charge in [0.05, 0.1) is 0 Å². The zero-order valence-corrected chi connectivity index (χ0v) is 7.98. The van der Waals surface area contributed by atoms with Gasteiger partial charge in [-0.15, -0.1) is 0 Å². The topological polar surface area (TPSA) is 20.3 Å². The van der Waals surface area contributed by atoms with Gasteiger partial charge in [0, 0.05) is 19.0 Å². The summed E-state index contributed by atoms with van der Waals surface area (Å²) in [5.74, 6) is 0.174. The minimum Gasteiger partial charge on any atom is -0.341 e. The average Bonchev–Trinajstić information content (AvgIpc) is 1.85. The second-order valence-electron chi connectivity index (χ2n) is 3.73. The average molecular weight is 156 g/mol. The maximum Gasteiger partial charge on any atom is 0.222 e. The fraction of sp³-hybridized carbons (Fsp3) is 0.778. The van der Waals surface area contributed by atoms with Gasteiger partial charge >= 0.3 is 0 Å². The Morgan fingerprint density at radius 1 is 1.45 bits per heavy atom. The van der Waals surface area contributed by atoms with Crippen molar-refractivity contribution in [2.75, 3.05) is 7.05 Å². The number of carbonyl (C=O) groups is 1. The van der Waals surface area contributed by atoms with E-state index in [9.17, 15) is 4.79 Å². The molecule has 0 fully saturated rings. The molecule has 0 bridgehead atoms. The van der Waals surface area contributed by atoms with Gasteiger partial charge < -0.3 is 4.90 Å². The highest BCUT2D eigenvalue weighted by atomic mass is 16.2. The lowest BCUT2D eigenvalue weighted by molar-refractivity contribution is -0.133. The third-order valence-electron chi connectivity index (χ3n) is 1.77. The van der Waals surface area contributed by atoms with Gasteiger partial charge in [-0.05, 0) is 27.2 Å². The highest BCUT2D eigenvalue weighted by Crippen LogP contribution is 2.11. The van der Waals surface area contributed by atoms with Crippen molar-refractivity contribution in [3.63, 3.8) is 0 Å². The molecule has 0 aliphatic heterocycles. The van der Waals surface area contributed by atoms with Crippen molar-refractivity contribution < 1.29 is 4.79 Å². The van der Waals surface area contributed by atoms with Gasteiger partial charge in [0.1, 0.15) is 0 Å². The Hall–Kier alpha value is -0.530. The highest BCUT2D eigenvalue weighted by molar-refractivity contribution is 5.76. The van der Waals surface area contributed by atoms with E-state index in [0.717, 1.165) is 0 Å². The second kappa shape index (κ2) is 3.74. The minimum absolute atomic E-state index is 0.0632. The molecule has 0 aromatic rings. The van der Waals surface area contributed by atoms with Crippen LogP contribution < -0.4 is 0 Å². The largest absolute Gasteiger partial charge is 0.341 e. The number of carbonyl (C=O) groups excluding carboxylic acids is 1. The first-order valence-corrected chi connectivity index (χ1v) is 3.95. The Morgan fingerprint density at radius 2 is 1.91 bits per heavy atom. The van der Waals surface area contributed by atoms with Crippen molar-refractivity contribution in [2.24, 2.45) is 0 Å². The minimum atomic E-state index is -0.0632. The van der Waals surface area contributed by atoms with Gasteiger partial charge in [-0.25, -0.2) is 0 Å². The summed E-state index contributed by atoms with van der Waals surface area (Å²) < 4.78 is 0. The van der Waals surface area contributed by atoms with Crippen molar-refractivity contribution in [2.45, 2.75) is 39.2 Å². The molecule has 65 valence electrons. The number of nitrogens with zero attached hydrogens (tertiary/aromatic N) is 1. The van der Waals surface area contributed by atoms with Crippen LogP contribution in [0.1, 0.15) is 33.6 Å². The Balaban J connectivity index is 4.03. The van der Waals surface area contributed by atoms with Crippen LogP contribution in [0.5, 0.6) is 0 Å². The molecule has 0 saturated carbocycles. The quantitative estimate of drug-likeness (QED) is 0.597. The molecule has 1 radical (unpaired) electrons. The monoisotopic (exact) mass is 156 g/mol. The van der Waals surface area contributed by atoms with E-state index in [1.54, 1.807) is 4.90 Å². The SMILES string of the molecule is [CH2]CCC(=O)N(C)C(C)(C)C. The summed E-state index contributed by atoms with van der Waals surface area (Å²) in [4.78, 5) is 13.0. The lowest BCUT2D eigenvalue weighted by Crippen LogP contribution is -2.42. The third kappa shape index (κ3) is 3.40. The summed E-state index contributed by atoms with van der Waals surface area (Å²) in [5, 5.41) is 0. The lowest BCUT2D eigenvalue weighted by atomic mass is 10.1. The zero-order valence-electron chi connectivity index (χ0n) is 7.98. The summed E-state index contributed by atoms with van der Waals surface area (Å²) in [7, 11) is 1.83. The van der Waals surface area contributed by atoms with Gasteiger partial charge in [0.25, 0.3) is 0 Å². The number of hydrogen-bond acceptors (Lipinski definition) is 1. The van der Waals surface area contributed by atoms with E-state index in [2.05, 4.69) is 6.92 Å². The van der Waals surface area contributed by atoms with E-state index >= 15 is 0 Å². The lowest BCUT2D eigenvalue weighted by Gasteiger charge is -2.31. The molecular weight excluding hydrogens is 138 g/mol. The molecule has 0 aromatic heterocycles. The molecule has 2 heteroatoms. The van der Waals surface area contributed by atoms with Crippen LogP contribution in [0.3, 0.4) is 0 Å². The molecule has 0 aromatic carbocycles. The first kappa shape index (κ1) is 10.5. The van der Waals surface area contributed by atoms with Crippen molar-refractivity contribution >= 4 is 5.91 Å². The maximum absolute atomic E-state index is 11.3. The number of hydrogen-bond donors (Lipinski definition) is 0. The van der Waals surface area contributed by atoms with Gasteiger partial charge in [0.15, 0.2) is 0 Å². The van der Waals surface area contributed by atoms with Gasteiger partial charge in [0.2, 0.25) is 5.91 Å². The molecule has 1 amide bonds. The van der Waals surface area contributed by atoms with Gasteiger partial charge in [-0.2, -0.15) is 0 Å². The van der Waals surface area contributed by atoms with E-state index in [-0.39, 0.29) is 11.4 Å². The van der Waals surface area contributed by atoms with E-state index in [1.807, 2.05) is 27.8 Å². The van der Waals surface area contributed by atoms with Crippen LogP contribution >= 0.6 is 0 Å². The molecule has 0 unspecified atom stereocenters. The maximum atomic E-state index is 11.3. The van der Waals surface area contributed by atoms with Crippen molar-refractivity contribution in [3.05, 3.63) is 6.92 Å². The molecule has 0 rings (SSSR count). The molecule has 0 aliphatic carbocycles. The fourth-order valence-electron chi connectivity index (χ4n) is 0.693. The van der Waals surface area contributed by atoms with Crippen LogP contribution in [0, 0.1) is 6.92 Å². The summed E-state index contributed by atoms with van der Waals surface area (Å²) in [5.41, 5.74) is -0.0632. The predicted octanol–water partition coefficient (Wildman–Crippen LogP) is 1.86. The van der Waals surface area contributed by atoms with Crippen LogP contribution in [0.25, 0.3) is 0 Å². The zero-order chi connectivity index (χ0) is 9.07. The molecule has 0 spiro atoms. The van der Waals surface area contributed by atoms with E-state index in [1.165, 1.54) is 0 Å². The predicted molar refractivity (Wildman–Crippen MR) is 47.1 cm³/mol. The third-order valence-corrected chi connectivity index (χ3v) is 1.77. The number of rotatable bonds is 2. The highest BCUT2D eigenvalue weighted by Gasteiger charge is 2.20. The first-order chi connectivity index (χ1) is 4.89. The molecule has 0 atom stereocenters. The fourth-order valence-corrected chi connectivity index (χ4v) is 0.693. The summed E-state index contributed by atoms with van der Waals surface area (Å²) >= 11 is 0. The standard InChI is InChI=1S/C9H18NO/c1-6-7-8(11)10(5)9(2,3)4/h1,6-7H2,2-5H3. The molecule has 0 aliphatic rings. The second-order valence-corrected chi connectivity index (χ2v) is 3.73. The Labute approximate surface area is 69.6 Å². The normalized spacial score (nSPS) is 11.4. The number of amides is 1. The van der Waals surface area contributed by atoms with Crippen LogP contribution in [-0.4, -0.2) is 23.4 Å². The molecular formula is C9H18NO. The van der Waals surface area contributed by atoms with Crippen LogP contribution in [0.15, 0.2) is 0 Å². The van der Waals surface area contributed by atoms with Gasteiger partial charge in [-0.3, -0.25) is 4.79 Å². The van der Waals surface area contributed by atoms with Crippen molar-refractivity contribution in [1.29, 1.82) is 0 Å². The van der Waals surface area contributed by atoms with E-state index in [4.69, 9.17) is 0 Å². The van der Waals surface area contributed by atoms with Crippen LogP contribution in [-0.2, 0) is 4.79 Å². The summed E-state index contributed by atoms with van der Waals surface area (Å²) in [6.45, 7) is 9.71. The Morgan fingerprint density at radius 3 is 2.18 bits per heavy atom. The van der Waals surface area contributed by atoms with Crippen molar-refractivity contribution in [1.82, 2.24) is 4.90 Å². The molecule has 0 heterocycles. The van der Waals surface area contributed by atoms with Gasteiger partial charge in [-0.1, -0.05) is 6.92 Å². The van der Waals surface area contributed by atoms with Crippen molar-refractivity contribution in [3.8, 4) is 0 Å². The summed E-state index contributed by atoms with van der Waals surface area (Å²) in [6.07, 6.45) is 1.23. The van der Waals surface area contributed by atoms with E-state index < -0.39 is 0 Å². The Bertz CT molecular complexity index is 135. The molecule has 0 saturated heterocycles. The Kier molecular flexibility index (Phi) is 3.56. The molecule has 11 heavy (non-hydrogen) atoms. The first-order valence-electron chi connectivity index (χ1n) is 3.95. The van der Waals surface area contributed by atoms with Crippen LogP contribution in [0.4, 0.5) is 0 Å². The molecule has 0 N–H and O–H groups in total. The van der Waals surface area contributed by atoms with E-state index in [0.29, 0.717) is 12.8 Å². The molecule has 2 nitrogen and oxygen atoms in total. The smallest absolute Gasteiger partial charge is 0.222 e. The summed E-state index contributed by atoms with van der Waals surface area (Å²) in [6, 6.07) is 0.